The number of esters is 1. The van der Waals surface area contributed by atoms with Crippen molar-refractivity contribution in [1.82, 2.24) is 0 Å². The van der Waals surface area contributed by atoms with Crippen LogP contribution in [-0.4, -0.2) is 97.4 Å². The summed E-state index contributed by atoms with van der Waals surface area (Å²) in [6.07, 6.45) is 1.37. The Balaban J connectivity index is 1.81. The first-order chi connectivity index (χ1) is 23.7. The van der Waals surface area contributed by atoms with E-state index in [0.29, 0.717) is 18.4 Å². The molecule has 0 radical (unpaired) electrons. The quantitative estimate of drug-likeness (QED) is 0.0598. The van der Waals surface area contributed by atoms with Crippen LogP contribution in [0.15, 0.2) is 42.5 Å². The number of carbonyl (C=O) groups is 4. The summed E-state index contributed by atoms with van der Waals surface area (Å²) in [5, 5.41) is 53.8. The number of aliphatic hydroxyl groups is 2. The third-order valence-electron chi connectivity index (χ3n) is 9.83. The first-order valence-electron chi connectivity index (χ1n) is 17.7. The molecule has 280 valence electrons. The average molecular weight is 707 g/mol. The van der Waals surface area contributed by atoms with Crippen molar-refractivity contribution in [3.63, 3.8) is 0 Å². The Morgan fingerprint density at radius 1 is 0.880 bits per heavy atom. The van der Waals surface area contributed by atoms with E-state index in [-0.39, 0.29) is 25.4 Å². The fourth-order valence-corrected chi connectivity index (χ4v) is 7.22. The molecule has 1 aromatic rings. The highest BCUT2D eigenvalue weighted by atomic mass is 16.8. The summed E-state index contributed by atoms with van der Waals surface area (Å²) < 4.78 is 22.8. The molecule has 3 rings (SSSR count). The van der Waals surface area contributed by atoms with Crippen molar-refractivity contribution in [3.8, 4) is 0 Å². The first kappa shape index (κ1) is 41.1. The number of carboxylic acid groups (broad SMARTS) is 3. The van der Waals surface area contributed by atoms with Gasteiger partial charge in [-0.15, -0.1) is 0 Å². The predicted octanol–water partition coefficient (Wildman–Crippen LogP) is 4.65. The molecule has 8 atom stereocenters. The van der Waals surface area contributed by atoms with Gasteiger partial charge in [0.2, 0.25) is 17.3 Å². The highest BCUT2D eigenvalue weighted by Gasteiger charge is 2.85. The fraction of sp³-hybridized carbons (Fsp3) is 0.676. The summed E-state index contributed by atoms with van der Waals surface area (Å²) >= 11 is 0. The van der Waals surface area contributed by atoms with Crippen molar-refractivity contribution in [3.05, 3.63) is 48.0 Å². The Kier molecular flexibility index (Phi) is 15.0. The molecule has 13 nitrogen and oxygen atoms in total. The maximum absolute atomic E-state index is 13.0. The Hall–Kier alpha value is -3.36. The number of ether oxygens (including phenoxy) is 4. The number of aliphatic carboxylic acids is 3. The normalized spacial score (nSPS) is 28.5. The molecule has 2 heterocycles. The van der Waals surface area contributed by atoms with Gasteiger partial charge in [0.05, 0.1) is 0 Å². The lowest BCUT2D eigenvalue weighted by Crippen LogP contribution is -2.78. The number of aliphatic hydroxyl groups excluding tert-OH is 2. The summed E-state index contributed by atoms with van der Waals surface area (Å²) in [5.41, 5.74) is -5.25. The Bertz CT molecular complexity index is 1320. The van der Waals surface area contributed by atoms with Crippen LogP contribution >= 0.6 is 0 Å². The van der Waals surface area contributed by atoms with Crippen LogP contribution in [0.1, 0.15) is 103 Å². The largest absolute Gasteiger partial charge is 0.479 e. The number of fused-ring (bicyclic) bond motifs is 2. The van der Waals surface area contributed by atoms with E-state index in [9.17, 15) is 44.7 Å². The van der Waals surface area contributed by atoms with Crippen molar-refractivity contribution >= 4 is 23.9 Å². The summed E-state index contributed by atoms with van der Waals surface area (Å²) in [5.74, 6) is -9.34. The van der Waals surface area contributed by atoms with Crippen molar-refractivity contribution in [1.29, 1.82) is 0 Å². The number of hydrogen-bond donors (Lipinski definition) is 5. The topological polar surface area (TPSA) is 206 Å². The van der Waals surface area contributed by atoms with E-state index in [2.05, 4.69) is 13.5 Å². The van der Waals surface area contributed by atoms with E-state index in [1.807, 2.05) is 37.3 Å². The van der Waals surface area contributed by atoms with Crippen molar-refractivity contribution in [2.45, 2.75) is 146 Å². The average Bonchev–Trinajstić information content (AvgIpc) is 3.26. The standard InChI is InChI=1S/C37H54O13/c1-5-6-7-8-9-10-11-12-13-17-22-47-37(34(45)46)31(32(41)42)49-35(29(39)30(40)36(37,50-35)33(43)44)21-20-24(2)28(48-26(4)38)25(3)23-27-18-15-14-16-19-27/h14-16,18-19,25,28-31,39-40H,2,5-13,17,20-23H2,1,3-4H3,(H,41,42)(H,43,44)(H,45,46)/t25?,28?,29-,30-,31-,35-,36-,37-/m1/s1. The van der Waals surface area contributed by atoms with Gasteiger partial charge < -0.3 is 44.5 Å². The van der Waals surface area contributed by atoms with Crippen LogP contribution in [-0.2, 0) is 44.5 Å². The zero-order chi connectivity index (χ0) is 37.1. The van der Waals surface area contributed by atoms with Crippen LogP contribution < -0.4 is 0 Å². The highest BCUT2D eigenvalue weighted by Crippen LogP contribution is 2.56. The van der Waals surface area contributed by atoms with Crippen LogP contribution in [0.4, 0.5) is 0 Å². The van der Waals surface area contributed by atoms with E-state index in [1.165, 1.54) is 26.2 Å². The molecule has 13 heteroatoms. The monoisotopic (exact) mass is 706 g/mol. The van der Waals surface area contributed by atoms with E-state index in [4.69, 9.17) is 18.9 Å². The second-order valence-electron chi connectivity index (χ2n) is 13.6. The zero-order valence-electron chi connectivity index (χ0n) is 29.4. The Morgan fingerprint density at radius 3 is 1.98 bits per heavy atom. The van der Waals surface area contributed by atoms with Gasteiger partial charge in [-0.1, -0.05) is 109 Å². The summed E-state index contributed by atoms with van der Waals surface area (Å²) in [7, 11) is 0. The Morgan fingerprint density at radius 2 is 1.46 bits per heavy atom. The molecule has 1 aromatic carbocycles. The van der Waals surface area contributed by atoms with E-state index in [0.717, 1.165) is 37.7 Å². The number of carboxylic acids is 3. The number of hydrogen-bond acceptors (Lipinski definition) is 10. The van der Waals surface area contributed by atoms with Crippen LogP contribution in [0.5, 0.6) is 0 Å². The molecule has 0 saturated carbocycles. The maximum Gasteiger partial charge on any atom is 0.343 e. The number of unbranched alkanes of at least 4 members (excludes halogenated alkanes) is 9. The second kappa shape index (κ2) is 18.2. The van der Waals surface area contributed by atoms with Gasteiger partial charge in [-0.3, -0.25) is 4.79 Å². The molecule has 5 N–H and O–H groups in total. The summed E-state index contributed by atoms with van der Waals surface area (Å²) in [6.45, 7) is 8.91. The van der Waals surface area contributed by atoms with Crippen LogP contribution in [0.3, 0.4) is 0 Å². The molecule has 0 amide bonds. The minimum atomic E-state index is -3.27. The number of carbonyl (C=O) groups excluding carboxylic acids is 1. The molecule has 2 unspecified atom stereocenters. The molecule has 2 bridgehead atoms. The SMILES string of the molecule is C=C(CC[C@@]12O[C@H](C(=O)O)[C@@](OCCCCCCCCCCCC)(C(=O)O)[C@@](C(=O)O)(O1)[C@H](O)[C@H]2O)C(OC(C)=O)C(C)Cc1ccccc1. The van der Waals surface area contributed by atoms with E-state index < -0.39 is 71.7 Å². The van der Waals surface area contributed by atoms with Gasteiger partial charge in [-0.05, 0) is 30.4 Å². The predicted molar refractivity (Wildman–Crippen MR) is 180 cm³/mol. The number of benzene rings is 1. The molecule has 0 aromatic heterocycles. The van der Waals surface area contributed by atoms with E-state index >= 15 is 0 Å². The summed E-state index contributed by atoms with van der Waals surface area (Å²) in [4.78, 5) is 50.7. The van der Waals surface area contributed by atoms with Gasteiger partial charge in [-0.25, -0.2) is 14.4 Å². The second-order valence-corrected chi connectivity index (χ2v) is 13.6. The van der Waals surface area contributed by atoms with Gasteiger partial charge in [0.1, 0.15) is 18.3 Å². The van der Waals surface area contributed by atoms with Crippen molar-refractivity contribution < 1.29 is 63.7 Å². The first-order valence-corrected chi connectivity index (χ1v) is 17.7. The third kappa shape index (κ3) is 8.74. The molecule has 50 heavy (non-hydrogen) atoms. The smallest absolute Gasteiger partial charge is 0.343 e. The highest BCUT2D eigenvalue weighted by molar-refractivity contribution is 5.98. The molecular weight excluding hydrogens is 652 g/mol. The van der Waals surface area contributed by atoms with Gasteiger partial charge in [0.15, 0.2) is 5.79 Å². The molecule has 0 aliphatic carbocycles. The molecule has 2 saturated heterocycles. The minimum absolute atomic E-state index is 0.150. The number of rotatable bonds is 23. The van der Waals surface area contributed by atoms with Crippen LogP contribution in [0, 0.1) is 5.92 Å². The van der Waals surface area contributed by atoms with Crippen molar-refractivity contribution in [2.75, 3.05) is 6.61 Å². The van der Waals surface area contributed by atoms with Crippen LogP contribution in [0.2, 0.25) is 0 Å². The zero-order valence-corrected chi connectivity index (χ0v) is 29.4. The Labute approximate surface area is 293 Å². The molecule has 2 aliphatic heterocycles. The third-order valence-corrected chi connectivity index (χ3v) is 9.83. The molecule has 2 aliphatic rings. The maximum atomic E-state index is 13.0. The van der Waals surface area contributed by atoms with Crippen molar-refractivity contribution in [2.24, 2.45) is 5.92 Å². The lowest BCUT2D eigenvalue weighted by molar-refractivity contribution is -0.380. The van der Waals surface area contributed by atoms with Gasteiger partial charge >= 0.3 is 23.9 Å². The van der Waals surface area contributed by atoms with E-state index in [1.54, 1.807) is 0 Å². The van der Waals surface area contributed by atoms with Crippen LogP contribution in [0.25, 0.3) is 0 Å². The fourth-order valence-electron chi connectivity index (χ4n) is 7.22. The molecular formula is C37H54O13. The van der Waals surface area contributed by atoms with Gasteiger partial charge in [0, 0.05) is 25.9 Å². The lowest BCUT2D eigenvalue weighted by atomic mass is 9.74. The van der Waals surface area contributed by atoms with Gasteiger partial charge in [0.25, 0.3) is 0 Å². The lowest BCUT2D eigenvalue weighted by Gasteiger charge is -2.50. The summed E-state index contributed by atoms with van der Waals surface area (Å²) in [6, 6.07) is 9.42. The van der Waals surface area contributed by atoms with Gasteiger partial charge in [-0.2, -0.15) is 0 Å². The molecule has 0 spiro atoms. The minimum Gasteiger partial charge on any atom is -0.479 e. The molecule has 2 fully saturated rings.